The average Bonchev–Trinajstić information content (AvgIpc) is 2.38. The summed E-state index contributed by atoms with van der Waals surface area (Å²) >= 11 is 0. The quantitative estimate of drug-likeness (QED) is 0.758. The van der Waals surface area contributed by atoms with E-state index in [0.29, 0.717) is 0 Å². The van der Waals surface area contributed by atoms with Crippen molar-refractivity contribution in [1.82, 2.24) is 0 Å². The summed E-state index contributed by atoms with van der Waals surface area (Å²) < 4.78 is 0. The first kappa shape index (κ1) is 9.86. The van der Waals surface area contributed by atoms with Crippen molar-refractivity contribution in [3.8, 4) is 0 Å². The molecule has 2 aliphatic rings. The summed E-state index contributed by atoms with van der Waals surface area (Å²) in [5, 5.41) is 9.44. The average molecular weight is 212 g/mol. The maximum Gasteiger partial charge on any atom is 0.0687 e. The number of benzene rings is 1. The van der Waals surface area contributed by atoms with Gasteiger partial charge in [0.2, 0.25) is 0 Å². The van der Waals surface area contributed by atoms with E-state index in [1.807, 2.05) is 0 Å². The standard InChI is InChI=1S/C15H16O/c16-10-12-9-11-5-1-2-6-13(11)15-8-4-3-7-14(12)15/h1,3,5,7,9,16H,2,4,6,8,10H2. The van der Waals surface area contributed by atoms with Gasteiger partial charge in [0, 0.05) is 0 Å². The third kappa shape index (κ3) is 1.43. The molecule has 0 heterocycles. The molecule has 0 aliphatic heterocycles. The Hall–Kier alpha value is -1.34. The van der Waals surface area contributed by atoms with Gasteiger partial charge in [0.25, 0.3) is 0 Å². The highest BCUT2D eigenvalue weighted by Gasteiger charge is 2.17. The highest BCUT2D eigenvalue weighted by molar-refractivity contribution is 5.69. The smallest absolute Gasteiger partial charge is 0.0687 e. The molecule has 1 heteroatoms. The summed E-state index contributed by atoms with van der Waals surface area (Å²) in [7, 11) is 0. The van der Waals surface area contributed by atoms with Crippen LogP contribution in [0.3, 0.4) is 0 Å². The molecule has 0 atom stereocenters. The minimum atomic E-state index is 0.147. The number of rotatable bonds is 1. The zero-order valence-corrected chi connectivity index (χ0v) is 9.37. The Balaban J connectivity index is 2.27. The van der Waals surface area contributed by atoms with Gasteiger partial charge in [0.05, 0.1) is 6.61 Å². The molecule has 1 aromatic carbocycles. The van der Waals surface area contributed by atoms with Gasteiger partial charge in [-0.15, -0.1) is 0 Å². The van der Waals surface area contributed by atoms with Crippen LogP contribution in [-0.4, -0.2) is 5.11 Å². The highest BCUT2D eigenvalue weighted by Crippen LogP contribution is 2.32. The lowest BCUT2D eigenvalue weighted by Crippen LogP contribution is -2.08. The van der Waals surface area contributed by atoms with E-state index in [4.69, 9.17) is 0 Å². The second-order valence-corrected chi connectivity index (χ2v) is 4.54. The molecule has 0 bridgehead atoms. The van der Waals surface area contributed by atoms with Crippen molar-refractivity contribution in [3.63, 3.8) is 0 Å². The van der Waals surface area contributed by atoms with E-state index in [1.165, 1.54) is 22.3 Å². The fraction of sp³-hybridized carbons (Fsp3) is 0.333. The molecule has 0 aromatic heterocycles. The topological polar surface area (TPSA) is 20.2 Å². The van der Waals surface area contributed by atoms with Gasteiger partial charge < -0.3 is 5.11 Å². The highest BCUT2D eigenvalue weighted by atomic mass is 16.3. The zero-order valence-electron chi connectivity index (χ0n) is 9.37. The molecular weight excluding hydrogens is 196 g/mol. The van der Waals surface area contributed by atoms with Crippen molar-refractivity contribution in [3.05, 3.63) is 46.0 Å². The predicted octanol–water partition coefficient (Wildman–Crippen LogP) is 3.10. The van der Waals surface area contributed by atoms with Crippen LogP contribution in [0.25, 0.3) is 12.2 Å². The lowest BCUT2D eigenvalue weighted by atomic mass is 9.83. The first-order valence-corrected chi connectivity index (χ1v) is 6.01. The van der Waals surface area contributed by atoms with Crippen molar-refractivity contribution >= 4 is 12.2 Å². The molecule has 1 N–H and O–H groups in total. The van der Waals surface area contributed by atoms with E-state index < -0.39 is 0 Å². The van der Waals surface area contributed by atoms with Crippen LogP contribution in [0.1, 0.15) is 40.7 Å². The molecule has 0 fully saturated rings. The first-order valence-electron chi connectivity index (χ1n) is 6.01. The largest absolute Gasteiger partial charge is 0.392 e. The maximum absolute atomic E-state index is 9.44. The summed E-state index contributed by atoms with van der Waals surface area (Å²) in [4.78, 5) is 0. The van der Waals surface area contributed by atoms with Crippen LogP contribution < -0.4 is 0 Å². The Morgan fingerprint density at radius 3 is 2.56 bits per heavy atom. The summed E-state index contributed by atoms with van der Waals surface area (Å²) in [5.41, 5.74) is 6.68. The summed E-state index contributed by atoms with van der Waals surface area (Å²) in [6.07, 6.45) is 13.4. The van der Waals surface area contributed by atoms with E-state index in [-0.39, 0.29) is 6.61 Å². The Labute approximate surface area is 96.1 Å². The Morgan fingerprint density at radius 1 is 1.00 bits per heavy atom. The SMILES string of the molecule is OCc1cc2c(c3c1C=CCC3)CCC=C2. The number of aliphatic hydroxyl groups excluding tert-OH is 1. The third-order valence-electron chi connectivity index (χ3n) is 3.59. The van der Waals surface area contributed by atoms with Crippen LogP contribution >= 0.6 is 0 Å². The maximum atomic E-state index is 9.44. The van der Waals surface area contributed by atoms with E-state index >= 15 is 0 Å². The Morgan fingerprint density at radius 2 is 1.75 bits per heavy atom. The molecule has 1 nitrogen and oxygen atoms in total. The third-order valence-corrected chi connectivity index (χ3v) is 3.59. The first-order chi connectivity index (χ1) is 7.90. The van der Waals surface area contributed by atoms with Gasteiger partial charge >= 0.3 is 0 Å². The molecule has 0 saturated carbocycles. The molecule has 1 aromatic rings. The summed E-state index contributed by atoms with van der Waals surface area (Å²) in [6, 6.07) is 2.15. The molecule has 82 valence electrons. The fourth-order valence-corrected chi connectivity index (χ4v) is 2.82. The molecule has 0 spiro atoms. The lowest BCUT2D eigenvalue weighted by molar-refractivity contribution is 0.281. The van der Waals surface area contributed by atoms with E-state index in [9.17, 15) is 5.11 Å². The molecule has 0 saturated heterocycles. The van der Waals surface area contributed by atoms with E-state index in [0.717, 1.165) is 31.2 Å². The van der Waals surface area contributed by atoms with Gasteiger partial charge in [0.15, 0.2) is 0 Å². The van der Waals surface area contributed by atoms with Gasteiger partial charge in [-0.1, -0.05) is 24.3 Å². The van der Waals surface area contributed by atoms with Crippen LogP contribution in [0.5, 0.6) is 0 Å². The molecule has 3 rings (SSSR count). The monoisotopic (exact) mass is 212 g/mol. The van der Waals surface area contributed by atoms with Crippen molar-refractivity contribution in [2.75, 3.05) is 0 Å². The summed E-state index contributed by atoms with van der Waals surface area (Å²) in [5.74, 6) is 0. The van der Waals surface area contributed by atoms with Gasteiger partial charge in [-0.2, -0.15) is 0 Å². The Kier molecular flexibility index (Phi) is 2.41. The number of hydrogen-bond acceptors (Lipinski definition) is 1. The van der Waals surface area contributed by atoms with Gasteiger partial charge in [0.1, 0.15) is 0 Å². The van der Waals surface area contributed by atoms with Crippen LogP contribution in [0.15, 0.2) is 18.2 Å². The lowest BCUT2D eigenvalue weighted by Gasteiger charge is -2.22. The number of aliphatic hydroxyl groups is 1. The van der Waals surface area contributed by atoms with E-state index in [2.05, 4.69) is 30.4 Å². The molecule has 0 amide bonds. The van der Waals surface area contributed by atoms with E-state index in [1.54, 1.807) is 0 Å². The number of allylic oxidation sites excluding steroid dienone is 2. The van der Waals surface area contributed by atoms with Gasteiger partial charge in [-0.25, -0.2) is 0 Å². The minimum absolute atomic E-state index is 0.147. The van der Waals surface area contributed by atoms with Crippen LogP contribution in [0.2, 0.25) is 0 Å². The summed E-state index contributed by atoms with van der Waals surface area (Å²) in [6.45, 7) is 0.147. The minimum Gasteiger partial charge on any atom is -0.392 e. The van der Waals surface area contributed by atoms with Gasteiger partial charge in [-0.05, 0) is 59.6 Å². The number of fused-ring (bicyclic) bond motifs is 3. The Bertz CT molecular complexity index is 481. The van der Waals surface area contributed by atoms with Crippen molar-refractivity contribution in [2.24, 2.45) is 0 Å². The molecule has 2 aliphatic carbocycles. The zero-order chi connectivity index (χ0) is 11.0. The van der Waals surface area contributed by atoms with Crippen molar-refractivity contribution in [1.29, 1.82) is 0 Å². The molecule has 16 heavy (non-hydrogen) atoms. The predicted molar refractivity (Wildman–Crippen MR) is 67.1 cm³/mol. The molecule has 0 radical (unpaired) electrons. The molecule has 0 unspecified atom stereocenters. The number of hydrogen-bond donors (Lipinski definition) is 1. The van der Waals surface area contributed by atoms with Crippen molar-refractivity contribution < 1.29 is 5.11 Å². The fourth-order valence-electron chi connectivity index (χ4n) is 2.82. The van der Waals surface area contributed by atoms with Crippen LogP contribution in [0, 0.1) is 0 Å². The normalized spacial score (nSPS) is 17.1. The molecular formula is C15H16O. The van der Waals surface area contributed by atoms with Crippen LogP contribution in [0.4, 0.5) is 0 Å². The second-order valence-electron chi connectivity index (χ2n) is 4.54. The van der Waals surface area contributed by atoms with Crippen molar-refractivity contribution in [2.45, 2.75) is 32.3 Å². The van der Waals surface area contributed by atoms with Gasteiger partial charge in [-0.3, -0.25) is 0 Å². The van der Waals surface area contributed by atoms with Crippen LogP contribution in [-0.2, 0) is 19.4 Å². The second kappa shape index (κ2) is 3.91.